The monoisotopic (exact) mass is 401 g/mol. The molecule has 0 aliphatic rings. The third-order valence-corrected chi connectivity index (χ3v) is 5.22. The van der Waals surface area contributed by atoms with E-state index in [1.165, 1.54) is 17.3 Å². The number of amides is 1. The van der Waals surface area contributed by atoms with Crippen molar-refractivity contribution in [3.8, 4) is 0 Å². The molecule has 6 nitrogen and oxygen atoms in total. The van der Waals surface area contributed by atoms with Gasteiger partial charge in [0, 0.05) is 12.4 Å². The van der Waals surface area contributed by atoms with E-state index < -0.39 is 0 Å². The van der Waals surface area contributed by atoms with Crippen LogP contribution in [-0.4, -0.2) is 32.4 Å². The smallest absolute Gasteiger partial charge is 0.250 e. The molecule has 2 heterocycles. The number of benzene rings is 2. The molecule has 1 amide bonds. The molecule has 4 rings (SSSR count). The second-order valence-electron chi connectivity index (χ2n) is 6.32. The van der Waals surface area contributed by atoms with E-state index in [1.807, 2.05) is 48.5 Å². The molecule has 0 fully saturated rings. The average molecular weight is 401 g/mol. The van der Waals surface area contributed by atoms with Crippen LogP contribution in [0.2, 0.25) is 0 Å². The van der Waals surface area contributed by atoms with E-state index in [0.717, 1.165) is 21.8 Å². The molecule has 144 valence electrons. The standard InChI is InChI=1S/C22H19N5OS/c28-21(26-24-14-17-10-12-23-13-11-17)16-29-22-25-19-8-4-5-9-20(19)27(22)15-18-6-2-1-3-7-18/h1-14H,15-16H2,(H,26,28)/b24-14-. The lowest BCUT2D eigenvalue weighted by atomic mass is 10.2. The number of thioether (sulfide) groups is 1. The Morgan fingerprint density at radius 3 is 2.62 bits per heavy atom. The van der Waals surface area contributed by atoms with Crippen molar-refractivity contribution >= 4 is 34.9 Å². The largest absolute Gasteiger partial charge is 0.314 e. The number of nitrogens with zero attached hydrogens (tertiary/aromatic N) is 4. The number of carbonyl (C=O) groups excluding carboxylic acids is 1. The predicted molar refractivity (Wildman–Crippen MR) is 116 cm³/mol. The summed E-state index contributed by atoms with van der Waals surface area (Å²) in [6.45, 7) is 0.700. The zero-order valence-electron chi connectivity index (χ0n) is 15.6. The Hall–Kier alpha value is -3.45. The molecule has 0 unspecified atom stereocenters. The first-order valence-corrected chi connectivity index (χ1v) is 10.1. The number of hydrogen-bond acceptors (Lipinski definition) is 5. The molecule has 2 aromatic heterocycles. The highest BCUT2D eigenvalue weighted by Crippen LogP contribution is 2.25. The number of hydrogen-bond donors (Lipinski definition) is 1. The first kappa shape index (κ1) is 18.9. The molecule has 29 heavy (non-hydrogen) atoms. The number of para-hydroxylation sites is 2. The van der Waals surface area contributed by atoms with Gasteiger partial charge in [0.2, 0.25) is 0 Å². The summed E-state index contributed by atoms with van der Waals surface area (Å²) in [6, 6.07) is 21.9. The molecule has 0 saturated carbocycles. The first-order valence-electron chi connectivity index (χ1n) is 9.13. The topological polar surface area (TPSA) is 72.2 Å². The van der Waals surface area contributed by atoms with Crippen molar-refractivity contribution in [2.45, 2.75) is 11.7 Å². The van der Waals surface area contributed by atoms with Crippen LogP contribution in [0.1, 0.15) is 11.1 Å². The summed E-state index contributed by atoms with van der Waals surface area (Å²) in [7, 11) is 0. The normalized spacial score (nSPS) is 11.2. The fourth-order valence-electron chi connectivity index (χ4n) is 2.87. The highest BCUT2D eigenvalue weighted by atomic mass is 32.2. The van der Waals surface area contributed by atoms with E-state index in [4.69, 9.17) is 4.98 Å². The van der Waals surface area contributed by atoms with Crippen molar-refractivity contribution in [1.82, 2.24) is 20.0 Å². The minimum absolute atomic E-state index is 0.182. The maximum absolute atomic E-state index is 12.2. The maximum atomic E-state index is 12.2. The molecule has 0 aliphatic heterocycles. The summed E-state index contributed by atoms with van der Waals surface area (Å²) in [5, 5.41) is 4.80. The van der Waals surface area contributed by atoms with E-state index in [2.05, 4.69) is 38.3 Å². The molecule has 4 aromatic rings. The number of carbonyl (C=O) groups is 1. The zero-order chi connectivity index (χ0) is 19.9. The van der Waals surface area contributed by atoms with E-state index in [0.29, 0.717) is 6.54 Å². The van der Waals surface area contributed by atoms with Crippen LogP contribution in [0.25, 0.3) is 11.0 Å². The lowest BCUT2D eigenvalue weighted by molar-refractivity contribution is -0.118. The second-order valence-corrected chi connectivity index (χ2v) is 7.26. The number of imidazole rings is 1. The van der Waals surface area contributed by atoms with Gasteiger partial charge in [-0.1, -0.05) is 54.2 Å². The molecule has 7 heteroatoms. The van der Waals surface area contributed by atoms with Crippen LogP contribution in [0.3, 0.4) is 0 Å². The van der Waals surface area contributed by atoms with Crippen molar-refractivity contribution in [2.75, 3.05) is 5.75 Å². The van der Waals surface area contributed by atoms with Gasteiger partial charge in [0.15, 0.2) is 5.16 Å². The zero-order valence-corrected chi connectivity index (χ0v) is 16.4. The lowest BCUT2D eigenvalue weighted by Crippen LogP contribution is -2.20. The van der Waals surface area contributed by atoms with E-state index >= 15 is 0 Å². The molecular formula is C22H19N5OS. The number of rotatable bonds is 7. The molecule has 0 saturated heterocycles. The Morgan fingerprint density at radius 2 is 1.79 bits per heavy atom. The van der Waals surface area contributed by atoms with Gasteiger partial charge in [-0.05, 0) is 35.4 Å². The van der Waals surface area contributed by atoms with Crippen molar-refractivity contribution in [3.05, 3.63) is 90.3 Å². The lowest BCUT2D eigenvalue weighted by Gasteiger charge is -2.09. The van der Waals surface area contributed by atoms with Gasteiger partial charge in [-0.3, -0.25) is 9.78 Å². The minimum atomic E-state index is -0.182. The predicted octanol–water partition coefficient (Wildman–Crippen LogP) is 3.72. The highest BCUT2D eigenvalue weighted by molar-refractivity contribution is 7.99. The number of hydrazone groups is 1. The number of nitrogens with one attached hydrogen (secondary N) is 1. The van der Waals surface area contributed by atoms with Gasteiger partial charge in [-0.25, -0.2) is 10.4 Å². The quantitative estimate of drug-likeness (QED) is 0.291. The summed E-state index contributed by atoms with van der Waals surface area (Å²) >= 11 is 1.40. The Balaban J connectivity index is 1.45. The van der Waals surface area contributed by atoms with Gasteiger partial charge in [-0.15, -0.1) is 0 Å². The molecule has 0 spiro atoms. The van der Waals surface area contributed by atoms with Crippen LogP contribution in [0, 0.1) is 0 Å². The van der Waals surface area contributed by atoms with Crippen LogP contribution in [0.5, 0.6) is 0 Å². The van der Waals surface area contributed by atoms with Gasteiger partial charge in [0.05, 0.1) is 29.5 Å². The van der Waals surface area contributed by atoms with Gasteiger partial charge in [-0.2, -0.15) is 5.10 Å². The van der Waals surface area contributed by atoms with Gasteiger partial charge >= 0.3 is 0 Å². The van der Waals surface area contributed by atoms with Crippen molar-refractivity contribution in [1.29, 1.82) is 0 Å². The van der Waals surface area contributed by atoms with Crippen LogP contribution < -0.4 is 5.43 Å². The fourth-order valence-corrected chi connectivity index (χ4v) is 3.68. The van der Waals surface area contributed by atoms with E-state index in [9.17, 15) is 4.79 Å². The van der Waals surface area contributed by atoms with Crippen molar-refractivity contribution in [2.24, 2.45) is 5.10 Å². The summed E-state index contributed by atoms with van der Waals surface area (Å²) in [5.41, 5.74) is 6.58. The van der Waals surface area contributed by atoms with Gasteiger partial charge in [0.1, 0.15) is 0 Å². The molecule has 0 bridgehead atoms. The number of aromatic nitrogens is 3. The number of fused-ring (bicyclic) bond motifs is 1. The summed E-state index contributed by atoms with van der Waals surface area (Å²) in [6.07, 6.45) is 4.95. The summed E-state index contributed by atoms with van der Waals surface area (Å²) in [5.74, 6) is 0.0461. The average Bonchev–Trinajstić information content (AvgIpc) is 3.11. The highest BCUT2D eigenvalue weighted by Gasteiger charge is 2.13. The molecule has 2 aromatic carbocycles. The number of pyridine rings is 1. The van der Waals surface area contributed by atoms with Gasteiger partial charge < -0.3 is 4.57 Å². The maximum Gasteiger partial charge on any atom is 0.250 e. The fraction of sp³-hybridized carbons (Fsp3) is 0.0909. The van der Waals surface area contributed by atoms with Crippen LogP contribution >= 0.6 is 11.8 Å². The molecular weight excluding hydrogens is 382 g/mol. The third-order valence-electron chi connectivity index (χ3n) is 4.24. The second kappa shape index (κ2) is 9.16. The van der Waals surface area contributed by atoms with Gasteiger partial charge in [0.25, 0.3) is 5.91 Å². The Morgan fingerprint density at radius 1 is 1.03 bits per heavy atom. The van der Waals surface area contributed by atoms with Crippen LogP contribution in [0.15, 0.2) is 89.4 Å². The molecule has 0 radical (unpaired) electrons. The third kappa shape index (κ3) is 4.89. The van der Waals surface area contributed by atoms with Crippen molar-refractivity contribution in [3.63, 3.8) is 0 Å². The Labute approximate surface area is 172 Å². The van der Waals surface area contributed by atoms with E-state index in [1.54, 1.807) is 18.6 Å². The van der Waals surface area contributed by atoms with E-state index in [-0.39, 0.29) is 11.7 Å². The summed E-state index contributed by atoms with van der Waals surface area (Å²) < 4.78 is 2.14. The molecule has 0 aliphatic carbocycles. The summed E-state index contributed by atoms with van der Waals surface area (Å²) in [4.78, 5) is 20.9. The SMILES string of the molecule is O=C(CSc1nc2ccccc2n1Cc1ccccc1)N/N=C\c1ccncc1. The Kier molecular flexibility index (Phi) is 5.97. The first-order chi connectivity index (χ1) is 14.3. The van der Waals surface area contributed by atoms with Crippen LogP contribution in [0.4, 0.5) is 0 Å². The molecule has 1 N–H and O–H groups in total. The Bertz CT molecular complexity index is 1130. The van der Waals surface area contributed by atoms with Crippen LogP contribution in [-0.2, 0) is 11.3 Å². The molecule has 0 atom stereocenters. The van der Waals surface area contributed by atoms with Crippen molar-refractivity contribution < 1.29 is 4.79 Å². The minimum Gasteiger partial charge on any atom is -0.314 e.